The molecule has 3 unspecified atom stereocenters. The number of rotatable bonds is 3. The SMILES string of the molecule is ClCC1(CC2CCCC2)CC2CCC1C2. The predicted molar refractivity (Wildman–Crippen MR) is 65.2 cm³/mol. The highest BCUT2D eigenvalue weighted by molar-refractivity contribution is 6.18. The molecule has 0 aromatic heterocycles. The first kappa shape index (κ1) is 10.4. The van der Waals surface area contributed by atoms with Crippen molar-refractivity contribution in [3.63, 3.8) is 0 Å². The Bertz CT molecular complexity index is 231. The van der Waals surface area contributed by atoms with Crippen LogP contribution >= 0.6 is 11.6 Å². The van der Waals surface area contributed by atoms with Crippen LogP contribution in [0.1, 0.15) is 57.8 Å². The van der Waals surface area contributed by atoms with Crippen molar-refractivity contribution in [1.82, 2.24) is 0 Å². The maximum atomic E-state index is 6.34. The average molecular weight is 227 g/mol. The predicted octanol–water partition coefficient (Wildman–Crippen LogP) is 4.61. The summed E-state index contributed by atoms with van der Waals surface area (Å²) in [6.07, 6.45) is 13.4. The highest BCUT2D eigenvalue weighted by Gasteiger charge is 2.50. The van der Waals surface area contributed by atoms with Crippen LogP contribution in [-0.4, -0.2) is 5.88 Å². The third-order valence-electron chi connectivity index (χ3n) is 5.54. The van der Waals surface area contributed by atoms with Gasteiger partial charge in [0.1, 0.15) is 0 Å². The molecule has 0 saturated heterocycles. The molecule has 86 valence electrons. The molecule has 0 spiro atoms. The fraction of sp³-hybridized carbons (Fsp3) is 1.00. The fourth-order valence-electron chi connectivity index (χ4n) is 4.82. The monoisotopic (exact) mass is 226 g/mol. The molecule has 0 radical (unpaired) electrons. The van der Waals surface area contributed by atoms with Crippen molar-refractivity contribution in [2.75, 3.05) is 5.88 Å². The van der Waals surface area contributed by atoms with Gasteiger partial charge in [-0.2, -0.15) is 0 Å². The summed E-state index contributed by atoms with van der Waals surface area (Å²) in [7, 11) is 0. The molecule has 0 nitrogen and oxygen atoms in total. The van der Waals surface area contributed by atoms with Crippen molar-refractivity contribution in [3.8, 4) is 0 Å². The Morgan fingerprint density at radius 3 is 2.40 bits per heavy atom. The molecular formula is C14H23Cl. The van der Waals surface area contributed by atoms with Crippen LogP contribution in [0.3, 0.4) is 0 Å². The van der Waals surface area contributed by atoms with E-state index in [9.17, 15) is 0 Å². The first-order chi connectivity index (χ1) is 7.32. The van der Waals surface area contributed by atoms with Crippen molar-refractivity contribution in [2.45, 2.75) is 57.8 Å². The molecule has 3 aliphatic rings. The lowest BCUT2D eigenvalue weighted by Gasteiger charge is -2.38. The Morgan fingerprint density at radius 1 is 1.07 bits per heavy atom. The van der Waals surface area contributed by atoms with Crippen LogP contribution in [0.15, 0.2) is 0 Å². The van der Waals surface area contributed by atoms with Gasteiger partial charge in [-0.3, -0.25) is 0 Å². The van der Waals surface area contributed by atoms with Crippen molar-refractivity contribution in [1.29, 1.82) is 0 Å². The summed E-state index contributed by atoms with van der Waals surface area (Å²) in [5.41, 5.74) is 0.583. The minimum atomic E-state index is 0.583. The average Bonchev–Trinajstić information content (AvgIpc) is 2.93. The maximum absolute atomic E-state index is 6.34. The van der Waals surface area contributed by atoms with E-state index in [4.69, 9.17) is 11.6 Å². The largest absolute Gasteiger partial charge is 0.126 e. The highest BCUT2D eigenvalue weighted by Crippen LogP contribution is 2.59. The summed E-state index contributed by atoms with van der Waals surface area (Å²) < 4.78 is 0. The second kappa shape index (κ2) is 3.95. The lowest BCUT2D eigenvalue weighted by atomic mass is 9.69. The van der Waals surface area contributed by atoms with Crippen molar-refractivity contribution < 1.29 is 0 Å². The van der Waals surface area contributed by atoms with Gasteiger partial charge in [-0.1, -0.05) is 32.1 Å². The lowest BCUT2D eigenvalue weighted by molar-refractivity contribution is 0.147. The molecule has 3 rings (SSSR count). The molecule has 3 saturated carbocycles. The summed E-state index contributed by atoms with van der Waals surface area (Å²) in [5, 5.41) is 0. The van der Waals surface area contributed by atoms with Crippen molar-refractivity contribution in [2.24, 2.45) is 23.2 Å². The molecular weight excluding hydrogens is 204 g/mol. The van der Waals surface area contributed by atoms with Gasteiger partial charge in [0.15, 0.2) is 0 Å². The van der Waals surface area contributed by atoms with Gasteiger partial charge in [0.25, 0.3) is 0 Å². The second-order valence-electron chi connectivity index (χ2n) is 6.43. The van der Waals surface area contributed by atoms with E-state index in [0.717, 1.165) is 23.6 Å². The van der Waals surface area contributed by atoms with Gasteiger partial charge < -0.3 is 0 Å². The van der Waals surface area contributed by atoms with Crippen molar-refractivity contribution in [3.05, 3.63) is 0 Å². The van der Waals surface area contributed by atoms with Crippen molar-refractivity contribution >= 4 is 11.6 Å². The van der Waals surface area contributed by atoms with E-state index in [1.807, 2.05) is 0 Å². The van der Waals surface area contributed by atoms with Gasteiger partial charge in [0, 0.05) is 5.88 Å². The Balaban J connectivity index is 1.69. The summed E-state index contributed by atoms with van der Waals surface area (Å²) in [5.74, 6) is 4.03. The molecule has 3 atom stereocenters. The number of fused-ring (bicyclic) bond motifs is 2. The molecule has 3 aliphatic carbocycles. The van der Waals surface area contributed by atoms with Gasteiger partial charge in [-0.25, -0.2) is 0 Å². The third kappa shape index (κ3) is 1.73. The zero-order valence-corrected chi connectivity index (χ0v) is 10.4. The third-order valence-corrected chi connectivity index (χ3v) is 6.07. The molecule has 0 aliphatic heterocycles. The molecule has 3 fully saturated rings. The van der Waals surface area contributed by atoms with Gasteiger partial charge >= 0.3 is 0 Å². The Hall–Kier alpha value is 0.290. The van der Waals surface area contributed by atoms with E-state index < -0.39 is 0 Å². The Kier molecular flexibility index (Phi) is 2.75. The van der Waals surface area contributed by atoms with Gasteiger partial charge in [0.05, 0.1) is 0 Å². The van der Waals surface area contributed by atoms with E-state index in [2.05, 4.69) is 0 Å². The Morgan fingerprint density at radius 2 is 1.87 bits per heavy atom. The summed E-state index contributed by atoms with van der Waals surface area (Å²) in [6.45, 7) is 0. The van der Waals surface area contributed by atoms with Crippen LogP contribution in [-0.2, 0) is 0 Å². The maximum Gasteiger partial charge on any atom is 0.0282 e. The van der Waals surface area contributed by atoms with E-state index in [1.165, 1.54) is 57.8 Å². The minimum Gasteiger partial charge on any atom is -0.126 e. The van der Waals surface area contributed by atoms with Gasteiger partial charge in [-0.05, 0) is 48.9 Å². The van der Waals surface area contributed by atoms with E-state index in [0.29, 0.717) is 5.41 Å². The number of hydrogen-bond acceptors (Lipinski definition) is 0. The van der Waals surface area contributed by atoms with Gasteiger partial charge in [0.2, 0.25) is 0 Å². The smallest absolute Gasteiger partial charge is 0.0282 e. The van der Waals surface area contributed by atoms with Crippen LogP contribution < -0.4 is 0 Å². The van der Waals surface area contributed by atoms with E-state index in [-0.39, 0.29) is 0 Å². The fourth-order valence-corrected chi connectivity index (χ4v) is 5.25. The minimum absolute atomic E-state index is 0.583. The Labute approximate surface area is 98.8 Å². The molecule has 0 aromatic rings. The quantitative estimate of drug-likeness (QED) is 0.617. The molecule has 2 bridgehead atoms. The summed E-state index contributed by atoms with van der Waals surface area (Å²) >= 11 is 6.34. The number of halogens is 1. The van der Waals surface area contributed by atoms with E-state index >= 15 is 0 Å². The summed E-state index contributed by atoms with van der Waals surface area (Å²) in [6, 6.07) is 0. The molecule has 0 heterocycles. The standard InChI is InChI=1S/C14H23Cl/c15-10-14(8-11-3-1-2-4-11)9-12-5-6-13(14)7-12/h11-13H,1-10H2. The van der Waals surface area contributed by atoms with Crippen LogP contribution in [0.25, 0.3) is 0 Å². The lowest BCUT2D eigenvalue weighted by Crippen LogP contribution is -2.31. The van der Waals surface area contributed by atoms with Crippen LogP contribution in [0, 0.1) is 23.2 Å². The second-order valence-corrected chi connectivity index (χ2v) is 6.70. The zero-order valence-electron chi connectivity index (χ0n) is 9.68. The van der Waals surface area contributed by atoms with Gasteiger partial charge in [-0.15, -0.1) is 11.6 Å². The summed E-state index contributed by atoms with van der Waals surface area (Å²) in [4.78, 5) is 0. The number of alkyl halides is 1. The molecule has 0 N–H and O–H groups in total. The van der Waals surface area contributed by atoms with Crippen LogP contribution in [0.5, 0.6) is 0 Å². The topological polar surface area (TPSA) is 0 Å². The molecule has 0 aromatic carbocycles. The first-order valence-corrected chi connectivity index (χ1v) is 7.42. The van der Waals surface area contributed by atoms with Crippen LogP contribution in [0.2, 0.25) is 0 Å². The van der Waals surface area contributed by atoms with E-state index in [1.54, 1.807) is 0 Å². The zero-order chi connectivity index (χ0) is 10.3. The normalized spacial score (nSPS) is 45.4. The van der Waals surface area contributed by atoms with Crippen LogP contribution in [0.4, 0.5) is 0 Å². The molecule has 15 heavy (non-hydrogen) atoms. The molecule has 0 amide bonds. The number of hydrogen-bond donors (Lipinski definition) is 0. The molecule has 1 heteroatoms. The highest BCUT2D eigenvalue weighted by atomic mass is 35.5. The first-order valence-electron chi connectivity index (χ1n) is 6.88.